The molecule has 6 nitrogen and oxygen atoms in total. The number of nitriles is 1. The first-order valence-electron chi connectivity index (χ1n) is 14.4. The average Bonchev–Trinajstić information content (AvgIpc) is 3.68. The van der Waals surface area contributed by atoms with Crippen molar-refractivity contribution >= 4 is 22.6 Å². The Labute approximate surface area is 236 Å². The van der Waals surface area contributed by atoms with Gasteiger partial charge in [0.2, 0.25) is 0 Å². The number of rotatable bonds is 7. The molecule has 0 spiro atoms. The van der Waals surface area contributed by atoms with E-state index < -0.39 is 0 Å². The highest BCUT2D eigenvalue weighted by molar-refractivity contribution is 6.08. The lowest BCUT2D eigenvalue weighted by Crippen LogP contribution is -2.42. The minimum atomic E-state index is 0.0875. The highest BCUT2D eigenvalue weighted by Gasteiger charge is 2.32. The lowest BCUT2D eigenvalue weighted by molar-refractivity contribution is 0.0710. The van der Waals surface area contributed by atoms with Crippen LogP contribution in [0.1, 0.15) is 52.7 Å². The van der Waals surface area contributed by atoms with Crippen LogP contribution in [0.25, 0.3) is 22.0 Å². The van der Waals surface area contributed by atoms with Gasteiger partial charge in [-0.1, -0.05) is 48.0 Å². The molecule has 0 saturated carbocycles. The smallest absolute Gasteiger partial charge is 0.254 e. The third kappa shape index (κ3) is 5.57. The van der Waals surface area contributed by atoms with Gasteiger partial charge in [0.1, 0.15) is 5.82 Å². The fraction of sp³-hybridized carbons (Fsp3) is 0.324. The molecule has 1 aromatic heterocycles. The maximum atomic E-state index is 14.3. The zero-order valence-corrected chi connectivity index (χ0v) is 23.1. The number of anilines is 1. The van der Waals surface area contributed by atoms with E-state index in [0.717, 1.165) is 61.1 Å². The summed E-state index contributed by atoms with van der Waals surface area (Å²) in [6, 6.07) is 26.5. The number of aromatic nitrogens is 1. The number of pyridine rings is 1. The number of amides is 1. The van der Waals surface area contributed by atoms with Crippen LogP contribution in [0, 0.1) is 18.3 Å². The molecule has 1 atom stereocenters. The molecule has 2 aliphatic rings. The number of benzene rings is 3. The molecule has 2 fully saturated rings. The molecule has 4 aromatic rings. The second-order valence-corrected chi connectivity index (χ2v) is 11.1. The van der Waals surface area contributed by atoms with Crippen molar-refractivity contribution in [2.75, 3.05) is 31.5 Å². The minimum Gasteiger partial charge on any atom is -0.366 e. The zero-order valence-electron chi connectivity index (χ0n) is 23.1. The van der Waals surface area contributed by atoms with E-state index in [1.165, 1.54) is 24.0 Å². The van der Waals surface area contributed by atoms with Crippen molar-refractivity contribution in [2.24, 2.45) is 0 Å². The number of carbonyl (C=O) groups excluding carboxylic acids is 1. The molecule has 6 rings (SSSR count). The van der Waals surface area contributed by atoms with Crippen LogP contribution in [-0.2, 0) is 6.54 Å². The van der Waals surface area contributed by atoms with Crippen molar-refractivity contribution in [2.45, 2.75) is 45.2 Å². The molecular formula is C34H35N5O. The van der Waals surface area contributed by atoms with Gasteiger partial charge in [-0.2, -0.15) is 5.26 Å². The van der Waals surface area contributed by atoms with E-state index in [1.54, 1.807) is 0 Å². The van der Waals surface area contributed by atoms with Crippen molar-refractivity contribution in [3.63, 3.8) is 0 Å². The second kappa shape index (κ2) is 11.5. The third-order valence-electron chi connectivity index (χ3n) is 8.29. The maximum absolute atomic E-state index is 14.3. The third-order valence-corrected chi connectivity index (χ3v) is 8.29. The van der Waals surface area contributed by atoms with Crippen LogP contribution >= 0.6 is 0 Å². The summed E-state index contributed by atoms with van der Waals surface area (Å²) in [5, 5.41) is 13.5. The molecule has 1 amide bonds. The molecule has 0 radical (unpaired) electrons. The molecule has 0 bridgehead atoms. The van der Waals surface area contributed by atoms with Crippen LogP contribution in [0.15, 0.2) is 72.8 Å². The standard InChI is InChI=1S/C34H35N5O/c1-24-6-8-26(9-7-24)22-36-33-20-31(34(40)39-18-4-5-29(39)23-38-16-2-3-17-38)30-19-28(14-15-32(30)37-33)27-12-10-25(21-35)11-13-27/h6-15,19-20,29H,2-5,16-18,22-23H2,1H3,(H,36,37)/t29-/m0/s1. The Bertz CT molecular complexity index is 1550. The molecule has 2 saturated heterocycles. The minimum absolute atomic E-state index is 0.0875. The van der Waals surface area contributed by atoms with Gasteiger partial charge < -0.3 is 15.1 Å². The van der Waals surface area contributed by atoms with Gasteiger partial charge in [-0.15, -0.1) is 0 Å². The summed E-state index contributed by atoms with van der Waals surface area (Å²) in [5.41, 5.74) is 6.53. The van der Waals surface area contributed by atoms with Crippen LogP contribution in [0.5, 0.6) is 0 Å². The van der Waals surface area contributed by atoms with Crippen molar-refractivity contribution in [3.05, 3.63) is 95.1 Å². The quantitative estimate of drug-likeness (QED) is 0.300. The van der Waals surface area contributed by atoms with E-state index in [-0.39, 0.29) is 11.9 Å². The molecule has 0 unspecified atom stereocenters. The first-order chi connectivity index (χ1) is 19.6. The lowest BCUT2D eigenvalue weighted by Gasteiger charge is -2.29. The molecule has 40 heavy (non-hydrogen) atoms. The zero-order chi connectivity index (χ0) is 27.5. The fourth-order valence-corrected chi connectivity index (χ4v) is 6.02. The van der Waals surface area contributed by atoms with Gasteiger partial charge in [0, 0.05) is 31.1 Å². The summed E-state index contributed by atoms with van der Waals surface area (Å²) in [6.45, 7) is 6.75. The molecule has 1 N–H and O–H groups in total. The number of nitrogens with zero attached hydrogens (tertiary/aromatic N) is 4. The van der Waals surface area contributed by atoms with Crippen LogP contribution in [0.3, 0.4) is 0 Å². The number of carbonyl (C=O) groups is 1. The van der Waals surface area contributed by atoms with E-state index in [1.807, 2.05) is 42.5 Å². The first-order valence-corrected chi connectivity index (χ1v) is 14.4. The molecular weight excluding hydrogens is 494 g/mol. The summed E-state index contributed by atoms with van der Waals surface area (Å²) in [5.74, 6) is 0.794. The largest absolute Gasteiger partial charge is 0.366 e. The summed E-state index contributed by atoms with van der Waals surface area (Å²) in [6.07, 6.45) is 4.61. The second-order valence-electron chi connectivity index (χ2n) is 11.1. The first kappa shape index (κ1) is 26.0. The highest BCUT2D eigenvalue weighted by atomic mass is 16.2. The van der Waals surface area contributed by atoms with E-state index >= 15 is 0 Å². The predicted octanol–water partition coefficient (Wildman–Crippen LogP) is 6.39. The van der Waals surface area contributed by atoms with Crippen molar-refractivity contribution in [1.29, 1.82) is 5.26 Å². The van der Waals surface area contributed by atoms with Crippen LogP contribution < -0.4 is 5.32 Å². The van der Waals surface area contributed by atoms with Crippen LogP contribution in [0.2, 0.25) is 0 Å². The Kier molecular flexibility index (Phi) is 7.48. The van der Waals surface area contributed by atoms with Gasteiger partial charge in [0.15, 0.2) is 0 Å². The summed E-state index contributed by atoms with van der Waals surface area (Å²) in [4.78, 5) is 23.8. The van der Waals surface area contributed by atoms with Crippen molar-refractivity contribution in [1.82, 2.24) is 14.8 Å². The number of likely N-dealkylation sites (tertiary alicyclic amines) is 2. The van der Waals surface area contributed by atoms with E-state index in [9.17, 15) is 10.1 Å². The van der Waals surface area contributed by atoms with Crippen molar-refractivity contribution in [3.8, 4) is 17.2 Å². The summed E-state index contributed by atoms with van der Waals surface area (Å²) in [7, 11) is 0. The Morgan fingerprint density at radius 1 is 0.950 bits per heavy atom. The van der Waals surface area contributed by atoms with Gasteiger partial charge in [-0.3, -0.25) is 4.79 Å². The number of aryl methyl sites for hydroxylation is 1. The molecule has 3 heterocycles. The maximum Gasteiger partial charge on any atom is 0.254 e. The number of hydrogen-bond acceptors (Lipinski definition) is 5. The summed E-state index contributed by atoms with van der Waals surface area (Å²) >= 11 is 0. The van der Waals surface area contributed by atoms with Gasteiger partial charge in [0.05, 0.1) is 22.7 Å². The summed E-state index contributed by atoms with van der Waals surface area (Å²) < 4.78 is 0. The predicted molar refractivity (Wildman–Crippen MR) is 160 cm³/mol. The highest BCUT2D eigenvalue weighted by Crippen LogP contribution is 2.31. The number of fused-ring (bicyclic) bond motifs is 1. The molecule has 202 valence electrons. The lowest BCUT2D eigenvalue weighted by atomic mass is 9.99. The normalized spacial score (nSPS) is 17.3. The number of nitrogens with one attached hydrogen (secondary N) is 1. The van der Waals surface area contributed by atoms with Crippen LogP contribution in [-0.4, -0.2) is 52.9 Å². The van der Waals surface area contributed by atoms with Gasteiger partial charge in [0.25, 0.3) is 5.91 Å². The van der Waals surface area contributed by atoms with E-state index in [2.05, 4.69) is 58.4 Å². The van der Waals surface area contributed by atoms with Gasteiger partial charge in [-0.05, 0) is 92.7 Å². The fourth-order valence-electron chi connectivity index (χ4n) is 6.02. The number of hydrogen-bond donors (Lipinski definition) is 1. The van der Waals surface area contributed by atoms with Gasteiger partial charge in [-0.25, -0.2) is 4.98 Å². The van der Waals surface area contributed by atoms with Crippen LogP contribution in [0.4, 0.5) is 5.82 Å². The van der Waals surface area contributed by atoms with E-state index in [0.29, 0.717) is 23.5 Å². The molecule has 3 aromatic carbocycles. The Morgan fingerprint density at radius 2 is 1.70 bits per heavy atom. The average molecular weight is 530 g/mol. The Balaban J connectivity index is 1.36. The van der Waals surface area contributed by atoms with Gasteiger partial charge >= 0.3 is 0 Å². The Hall–Kier alpha value is -4.21. The monoisotopic (exact) mass is 529 g/mol. The molecule has 0 aliphatic carbocycles. The van der Waals surface area contributed by atoms with Crippen molar-refractivity contribution < 1.29 is 4.79 Å². The van der Waals surface area contributed by atoms with E-state index in [4.69, 9.17) is 4.98 Å². The topological polar surface area (TPSA) is 72.3 Å². The molecule has 6 heteroatoms. The SMILES string of the molecule is Cc1ccc(CNc2cc(C(=O)N3CCC[C@H]3CN3CCCC3)c3cc(-c4ccc(C#N)cc4)ccc3n2)cc1. The Morgan fingerprint density at radius 3 is 2.45 bits per heavy atom. The molecule has 2 aliphatic heterocycles.